The maximum absolute atomic E-state index is 5.82. The molecule has 4 heteroatoms. The average molecular weight is 426 g/mol. The second-order valence-electron chi connectivity index (χ2n) is 3.27. The molecular weight excluding hydrogens is 406 g/mol. The molecule has 1 atom stereocenters. The third-order valence-corrected chi connectivity index (χ3v) is 6.10. The molecule has 1 unspecified atom stereocenters. The van der Waals surface area contributed by atoms with Crippen LogP contribution in [0.1, 0.15) is 39.5 Å². The normalized spacial score (nSPS) is 14.8. The molecule has 13 heavy (non-hydrogen) atoms. The first-order chi connectivity index (χ1) is 6.16. The first kappa shape index (κ1) is 14.6. The van der Waals surface area contributed by atoms with Gasteiger partial charge in [0.2, 0.25) is 0 Å². The molecule has 0 aromatic rings. The highest BCUT2D eigenvalue weighted by molar-refractivity contribution is 14.1. The molecule has 0 aliphatic heterocycles. The van der Waals surface area contributed by atoms with Crippen LogP contribution < -0.4 is 0 Å². The van der Waals surface area contributed by atoms with Gasteiger partial charge in [0.15, 0.2) is 0 Å². The van der Waals surface area contributed by atoms with Crippen LogP contribution in [0, 0.1) is 0 Å². The maximum atomic E-state index is 5.82. The van der Waals surface area contributed by atoms with Gasteiger partial charge >= 0.3 is 0 Å². The van der Waals surface area contributed by atoms with Crippen LogP contribution in [-0.4, -0.2) is 24.4 Å². The fraction of sp³-hybridized carbons (Fsp3) is 1.00. The van der Waals surface area contributed by atoms with E-state index in [0.29, 0.717) is 3.92 Å². The molecule has 0 amide bonds. The van der Waals surface area contributed by atoms with Crippen LogP contribution in [0.3, 0.4) is 0 Å². The highest BCUT2D eigenvalue weighted by Crippen LogP contribution is 2.32. The fourth-order valence-electron chi connectivity index (χ4n) is 1.63. The Bertz CT molecular complexity index is 121. The van der Waals surface area contributed by atoms with Crippen molar-refractivity contribution in [3.05, 3.63) is 0 Å². The van der Waals surface area contributed by atoms with Crippen LogP contribution >= 0.6 is 45.2 Å². The summed E-state index contributed by atoms with van der Waals surface area (Å²) in [5, 5.41) is 0. The maximum Gasteiger partial charge on any atom is 0.146 e. The van der Waals surface area contributed by atoms with Gasteiger partial charge in [-0.25, -0.2) is 0 Å². The number of hydrogen-bond acceptors (Lipinski definition) is 1. The number of halogens is 2. The van der Waals surface area contributed by atoms with Gasteiger partial charge in [-0.15, -0.1) is 0 Å². The predicted octanol–water partition coefficient (Wildman–Crippen LogP) is 2.86. The van der Waals surface area contributed by atoms with Crippen LogP contribution in [0.5, 0.6) is 0 Å². The van der Waals surface area contributed by atoms with Gasteiger partial charge in [0.25, 0.3) is 0 Å². The molecule has 0 heterocycles. The van der Waals surface area contributed by atoms with Crippen LogP contribution in [-0.2, 0) is 4.43 Å². The first-order valence-corrected chi connectivity index (χ1v) is 8.50. The molecule has 0 aromatic heterocycles. The van der Waals surface area contributed by atoms with E-state index in [2.05, 4.69) is 59.0 Å². The molecule has 0 aliphatic rings. The summed E-state index contributed by atoms with van der Waals surface area (Å²) >= 11 is 5.02. The van der Waals surface area contributed by atoms with Crippen molar-refractivity contribution < 1.29 is 4.43 Å². The Morgan fingerprint density at radius 2 is 1.92 bits per heavy atom. The fourth-order valence-corrected chi connectivity index (χ4v) is 4.99. The zero-order chi connectivity index (χ0) is 10.3. The summed E-state index contributed by atoms with van der Waals surface area (Å²) < 4.78 is 7.78. The Balaban J connectivity index is 4.17. The van der Waals surface area contributed by atoms with Gasteiger partial charge < -0.3 is 4.43 Å². The predicted molar refractivity (Wildman–Crippen MR) is 80.3 cm³/mol. The van der Waals surface area contributed by atoms with Crippen molar-refractivity contribution in [3.63, 3.8) is 0 Å². The second-order valence-corrected chi connectivity index (χ2v) is 6.27. The summed E-state index contributed by atoms with van der Waals surface area (Å²) in [5.41, 5.74) is 0.179. The average Bonchev–Trinajstić information content (AvgIpc) is 2.18. The van der Waals surface area contributed by atoms with Crippen molar-refractivity contribution >= 4 is 55.7 Å². The first-order valence-electron chi connectivity index (χ1n) is 4.92. The minimum atomic E-state index is 0.179. The molecule has 0 rings (SSSR count). The Hall–Kier alpha value is 1.64. The van der Waals surface area contributed by atoms with E-state index in [-0.39, 0.29) is 5.60 Å². The summed E-state index contributed by atoms with van der Waals surface area (Å²) in [7, 11) is 0.865. The lowest BCUT2D eigenvalue weighted by atomic mass is 9.91. The lowest BCUT2D eigenvalue weighted by molar-refractivity contribution is 0.0706. The van der Waals surface area contributed by atoms with Crippen molar-refractivity contribution in [2.75, 3.05) is 4.43 Å². The SMILES string of the molecule is CCC(CC)(O[SiH3])C(I)CCCI. The zero-order valence-corrected chi connectivity index (χ0v) is 15.1. The van der Waals surface area contributed by atoms with Crippen LogP contribution in [0.2, 0.25) is 0 Å². The van der Waals surface area contributed by atoms with E-state index in [1.165, 1.54) is 17.3 Å². The molecule has 0 fully saturated rings. The Morgan fingerprint density at radius 3 is 2.23 bits per heavy atom. The van der Waals surface area contributed by atoms with Crippen LogP contribution in [0.25, 0.3) is 0 Å². The Kier molecular flexibility index (Phi) is 8.86. The van der Waals surface area contributed by atoms with E-state index in [9.17, 15) is 0 Å². The van der Waals surface area contributed by atoms with Crippen molar-refractivity contribution in [2.24, 2.45) is 0 Å². The lowest BCUT2D eigenvalue weighted by Gasteiger charge is -2.36. The third kappa shape index (κ3) is 4.34. The number of rotatable bonds is 7. The molecule has 0 saturated heterocycles. The minimum absolute atomic E-state index is 0.179. The van der Waals surface area contributed by atoms with Crippen LogP contribution in [0.4, 0.5) is 0 Å². The van der Waals surface area contributed by atoms with Gasteiger partial charge in [-0.2, -0.15) is 0 Å². The summed E-state index contributed by atoms with van der Waals surface area (Å²) in [4.78, 5) is 0. The molecule has 0 saturated carbocycles. The van der Waals surface area contributed by atoms with E-state index in [1.807, 2.05) is 0 Å². The van der Waals surface area contributed by atoms with E-state index < -0.39 is 0 Å². The third-order valence-electron chi connectivity index (χ3n) is 2.77. The summed E-state index contributed by atoms with van der Waals surface area (Å²) in [6.45, 7) is 4.49. The molecule has 0 aromatic carbocycles. The molecule has 80 valence electrons. The monoisotopic (exact) mass is 426 g/mol. The molecule has 0 spiro atoms. The van der Waals surface area contributed by atoms with Crippen LogP contribution in [0.15, 0.2) is 0 Å². The highest BCUT2D eigenvalue weighted by Gasteiger charge is 2.32. The topological polar surface area (TPSA) is 9.23 Å². The van der Waals surface area contributed by atoms with E-state index in [0.717, 1.165) is 23.3 Å². The van der Waals surface area contributed by atoms with E-state index >= 15 is 0 Å². The number of alkyl halides is 2. The Morgan fingerprint density at radius 1 is 1.38 bits per heavy atom. The summed E-state index contributed by atoms with van der Waals surface area (Å²) in [6.07, 6.45) is 4.93. The smallest absolute Gasteiger partial charge is 0.146 e. The summed E-state index contributed by atoms with van der Waals surface area (Å²) in [5.74, 6) is 0. The zero-order valence-electron chi connectivity index (χ0n) is 8.78. The van der Waals surface area contributed by atoms with Gasteiger partial charge in [0.1, 0.15) is 10.5 Å². The largest absolute Gasteiger partial charge is 0.421 e. The van der Waals surface area contributed by atoms with Gasteiger partial charge in [0, 0.05) is 3.92 Å². The van der Waals surface area contributed by atoms with Gasteiger partial charge in [-0.05, 0) is 30.1 Å². The molecular formula is C9H20I2OSi. The van der Waals surface area contributed by atoms with Crippen molar-refractivity contribution in [1.82, 2.24) is 0 Å². The van der Waals surface area contributed by atoms with Crippen molar-refractivity contribution in [2.45, 2.75) is 49.1 Å². The van der Waals surface area contributed by atoms with E-state index in [4.69, 9.17) is 4.43 Å². The van der Waals surface area contributed by atoms with Gasteiger partial charge in [-0.1, -0.05) is 59.0 Å². The minimum Gasteiger partial charge on any atom is -0.421 e. The lowest BCUT2D eigenvalue weighted by Crippen LogP contribution is -2.40. The molecule has 0 aliphatic carbocycles. The van der Waals surface area contributed by atoms with Gasteiger partial charge in [0.05, 0.1) is 5.60 Å². The molecule has 0 N–H and O–H groups in total. The van der Waals surface area contributed by atoms with Crippen molar-refractivity contribution in [1.29, 1.82) is 0 Å². The molecule has 0 radical (unpaired) electrons. The standard InChI is InChI=1S/C9H20I2OSi/c1-3-9(4-2,12-13)8(11)6-5-7-10/h8H,3-7H2,1-2,13H3. The van der Waals surface area contributed by atoms with Crippen molar-refractivity contribution in [3.8, 4) is 0 Å². The van der Waals surface area contributed by atoms with E-state index in [1.54, 1.807) is 0 Å². The quantitative estimate of drug-likeness (QED) is 0.346. The van der Waals surface area contributed by atoms with Gasteiger partial charge in [-0.3, -0.25) is 0 Å². The molecule has 1 nitrogen and oxygen atoms in total. The summed E-state index contributed by atoms with van der Waals surface area (Å²) in [6, 6.07) is 0. The Labute approximate surface area is 113 Å². The number of hydrogen-bond donors (Lipinski definition) is 0. The second kappa shape index (κ2) is 7.87. The molecule has 0 bridgehead atoms. The highest BCUT2D eigenvalue weighted by atomic mass is 127.